The zero-order chi connectivity index (χ0) is 18.7. The first kappa shape index (κ1) is 18.6. The summed E-state index contributed by atoms with van der Waals surface area (Å²) in [5.41, 5.74) is -0.0847. The van der Waals surface area contributed by atoms with Gasteiger partial charge in [0, 0.05) is 45.1 Å². The summed E-state index contributed by atoms with van der Waals surface area (Å²) >= 11 is 0. The molecule has 5 amide bonds. The van der Waals surface area contributed by atoms with Crippen LogP contribution in [0, 0.1) is 5.41 Å². The van der Waals surface area contributed by atoms with Crippen LogP contribution in [-0.4, -0.2) is 91.4 Å². The Morgan fingerprint density at radius 1 is 1.19 bits per heavy atom. The van der Waals surface area contributed by atoms with Crippen LogP contribution in [0.1, 0.15) is 25.7 Å². The number of nitrogens with zero attached hydrogens (tertiary/aromatic N) is 3. The molecule has 3 fully saturated rings. The summed E-state index contributed by atoms with van der Waals surface area (Å²) in [4.78, 5) is 52.6. The first-order chi connectivity index (χ1) is 12.4. The highest BCUT2D eigenvalue weighted by atomic mass is 16.5. The van der Waals surface area contributed by atoms with Gasteiger partial charge in [-0.05, 0) is 19.3 Å². The minimum Gasteiger partial charge on any atom is -0.383 e. The van der Waals surface area contributed by atoms with E-state index in [0.29, 0.717) is 39.2 Å². The summed E-state index contributed by atoms with van der Waals surface area (Å²) in [6.07, 6.45) is 3.13. The van der Waals surface area contributed by atoms with Crippen LogP contribution in [0.4, 0.5) is 4.79 Å². The lowest BCUT2D eigenvalue weighted by Crippen LogP contribution is -2.56. The van der Waals surface area contributed by atoms with Gasteiger partial charge in [-0.2, -0.15) is 0 Å². The molecule has 3 aliphatic rings. The maximum absolute atomic E-state index is 12.6. The zero-order valence-corrected chi connectivity index (χ0v) is 15.2. The number of piperidine rings is 2. The maximum Gasteiger partial charge on any atom is 0.325 e. The molecule has 9 nitrogen and oxygen atoms in total. The molecule has 144 valence electrons. The first-order valence-electron chi connectivity index (χ1n) is 9.06. The van der Waals surface area contributed by atoms with E-state index in [9.17, 15) is 19.2 Å². The molecule has 0 aromatic carbocycles. The number of methoxy groups -OCH3 is 1. The molecular formula is C17H26N4O5. The van der Waals surface area contributed by atoms with Gasteiger partial charge >= 0.3 is 6.03 Å². The maximum atomic E-state index is 12.6. The molecule has 9 heteroatoms. The molecule has 1 N–H and O–H groups in total. The zero-order valence-electron chi connectivity index (χ0n) is 15.2. The van der Waals surface area contributed by atoms with Crippen molar-refractivity contribution >= 4 is 23.8 Å². The fraction of sp³-hybridized carbons (Fsp3) is 0.765. The molecular weight excluding hydrogens is 340 g/mol. The molecule has 1 atom stereocenters. The van der Waals surface area contributed by atoms with Crippen LogP contribution in [0.2, 0.25) is 0 Å². The van der Waals surface area contributed by atoms with Crippen LogP contribution < -0.4 is 5.32 Å². The average Bonchev–Trinajstić information content (AvgIpc) is 2.93. The summed E-state index contributed by atoms with van der Waals surface area (Å²) in [5.74, 6) is -0.380. The second kappa shape index (κ2) is 7.61. The van der Waals surface area contributed by atoms with Crippen LogP contribution in [0.15, 0.2) is 0 Å². The van der Waals surface area contributed by atoms with E-state index < -0.39 is 6.03 Å². The lowest BCUT2D eigenvalue weighted by atomic mass is 9.73. The predicted molar refractivity (Wildman–Crippen MR) is 91.0 cm³/mol. The van der Waals surface area contributed by atoms with E-state index >= 15 is 0 Å². The van der Waals surface area contributed by atoms with Gasteiger partial charge in [-0.1, -0.05) is 0 Å². The highest BCUT2D eigenvalue weighted by molar-refractivity contribution is 6.03. The van der Waals surface area contributed by atoms with Gasteiger partial charge in [0.05, 0.1) is 6.61 Å². The molecule has 3 heterocycles. The van der Waals surface area contributed by atoms with E-state index in [1.807, 2.05) is 4.90 Å². The van der Waals surface area contributed by atoms with Crippen molar-refractivity contribution in [1.82, 2.24) is 20.0 Å². The van der Waals surface area contributed by atoms with Crippen molar-refractivity contribution in [2.45, 2.75) is 25.7 Å². The van der Waals surface area contributed by atoms with E-state index in [2.05, 4.69) is 5.32 Å². The molecule has 1 spiro atoms. The number of hydrogen-bond donors (Lipinski definition) is 1. The lowest BCUT2D eigenvalue weighted by molar-refractivity contribution is -0.143. The highest BCUT2D eigenvalue weighted by Crippen LogP contribution is 2.38. The Hall–Kier alpha value is -2.16. The van der Waals surface area contributed by atoms with Crippen LogP contribution in [-0.2, 0) is 19.1 Å². The SMILES string of the molecule is COCCN1C[C@]2(CCCN(C(=O)CN3CC(=O)NC3=O)C2)CCC1=O. The summed E-state index contributed by atoms with van der Waals surface area (Å²) in [5, 5.41) is 2.18. The molecule has 0 aliphatic carbocycles. The summed E-state index contributed by atoms with van der Waals surface area (Å²) in [6.45, 7) is 2.80. The topological polar surface area (TPSA) is 99.3 Å². The molecule has 0 radical (unpaired) electrons. The van der Waals surface area contributed by atoms with Crippen molar-refractivity contribution in [2.75, 3.05) is 53.0 Å². The summed E-state index contributed by atoms with van der Waals surface area (Å²) in [7, 11) is 1.62. The number of ether oxygens (including phenoxy) is 1. The van der Waals surface area contributed by atoms with Gasteiger partial charge in [0.25, 0.3) is 0 Å². The third-order valence-electron chi connectivity index (χ3n) is 5.52. The fourth-order valence-electron chi connectivity index (χ4n) is 4.14. The van der Waals surface area contributed by atoms with E-state index in [4.69, 9.17) is 4.74 Å². The number of urea groups is 1. The van der Waals surface area contributed by atoms with Gasteiger partial charge in [-0.3, -0.25) is 19.7 Å². The van der Waals surface area contributed by atoms with E-state index in [1.54, 1.807) is 12.0 Å². The third-order valence-corrected chi connectivity index (χ3v) is 5.52. The number of nitrogens with one attached hydrogen (secondary N) is 1. The van der Waals surface area contributed by atoms with Crippen LogP contribution >= 0.6 is 0 Å². The molecule has 0 bridgehead atoms. The van der Waals surface area contributed by atoms with Gasteiger partial charge in [-0.15, -0.1) is 0 Å². The van der Waals surface area contributed by atoms with Gasteiger partial charge in [0.1, 0.15) is 13.1 Å². The molecule has 3 saturated heterocycles. The Morgan fingerprint density at radius 3 is 2.69 bits per heavy atom. The van der Waals surface area contributed by atoms with Crippen LogP contribution in [0.5, 0.6) is 0 Å². The van der Waals surface area contributed by atoms with Crippen LogP contribution in [0.3, 0.4) is 0 Å². The highest BCUT2D eigenvalue weighted by Gasteiger charge is 2.43. The molecule has 0 saturated carbocycles. The van der Waals surface area contributed by atoms with E-state index in [-0.39, 0.29) is 36.2 Å². The summed E-state index contributed by atoms with van der Waals surface area (Å²) < 4.78 is 5.09. The van der Waals surface area contributed by atoms with Gasteiger partial charge in [-0.25, -0.2) is 4.79 Å². The minimum absolute atomic E-state index is 0.0666. The Labute approximate surface area is 152 Å². The Kier molecular flexibility index (Phi) is 5.45. The van der Waals surface area contributed by atoms with Crippen molar-refractivity contribution in [3.8, 4) is 0 Å². The smallest absolute Gasteiger partial charge is 0.325 e. The quantitative estimate of drug-likeness (QED) is 0.656. The lowest BCUT2D eigenvalue weighted by Gasteiger charge is -2.48. The Bertz CT molecular complexity index is 610. The molecule has 3 aliphatic heterocycles. The number of hydrogen-bond acceptors (Lipinski definition) is 5. The normalized spacial score (nSPS) is 26.7. The number of likely N-dealkylation sites (tertiary alicyclic amines) is 2. The molecule has 0 unspecified atom stereocenters. The van der Waals surface area contributed by atoms with E-state index in [0.717, 1.165) is 19.3 Å². The Morgan fingerprint density at radius 2 is 2.00 bits per heavy atom. The number of imide groups is 1. The van der Waals surface area contributed by atoms with Crippen LogP contribution in [0.25, 0.3) is 0 Å². The van der Waals surface area contributed by atoms with Crippen molar-refractivity contribution in [3.63, 3.8) is 0 Å². The second-order valence-corrected chi connectivity index (χ2v) is 7.44. The Balaban J connectivity index is 1.61. The predicted octanol–water partition coefficient (Wildman–Crippen LogP) is -0.584. The summed E-state index contributed by atoms with van der Waals surface area (Å²) in [6, 6.07) is -0.510. The van der Waals surface area contributed by atoms with Gasteiger partial charge in [0.2, 0.25) is 17.7 Å². The van der Waals surface area contributed by atoms with Crippen molar-refractivity contribution in [1.29, 1.82) is 0 Å². The second-order valence-electron chi connectivity index (χ2n) is 7.44. The van der Waals surface area contributed by atoms with Crippen molar-refractivity contribution < 1.29 is 23.9 Å². The first-order valence-corrected chi connectivity index (χ1v) is 9.06. The molecule has 3 rings (SSSR count). The fourth-order valence-corrected chi connectivity index (χ4v) is 4.14. The molecule has 0 aromatic rings. The van der Waals surface area contributed by atoms with E-state index in [1.165, 1.54) is 4.90 Å². The third kappa shape index (κ3) is 3.98. The molecule has 0 aromatic heterocycles. The number of amides is 5. The standard InChI is InChI=1S/C17H26N4O5/c1-26-8-7-20-12-17(5-3-14(20)23)4-2-6-19(11-17)15(24)10-21-9-13(22)18-16(21)25/h2-12H2,1H3,(H,18,22,25)/t17-/m1/s1. The van der Waals surface area contributed by atoms with Gasteiger partial charge < -0.3 is 19.4 Å². The van der Waals surface area contributed by atoms with Crippen molar-refractivity contribution in [2.24, 2.45) is 5.41 Å². The largest absolute Gasteiger partial charge is 0.383 e. The van der Waals surface area contributed by atoms with Crippen molar-refractivity contribution in [3.05, 3.63) is 0 Å². The monoisotopic (exact) mass is 366 g/mol. The number of rotatable bonds is 5. The number of carbonyl (C=O) groups is 4. The van der Waals surface area contributed by atoms with Gasteiger partial charge in [0.15, 0.2) is 0 Å². The minimum atomic E-state index is -0.510. The molecule has 26 heavy (non-hydrogen) atoms. The number of carbonyl (C=O) groups excluding carboxylic acids is 4. The average molecular weight is 366 g/mol.